The summed E-state index contributed by atoms with van der Waals surface area (Å²) in [6, 6.07) is 0.166. The van der Waals surface area contributed by atoms with Gasteiger partial charge in [-0.25, -0.2) is 4.98 Å². The zero-order valence-corrected chi connectivity index (χ0v) is 15.6. The Kier molecular flexibility index (Phi) is 6.97. The summed E-state index contributed by atoms with van der Waals surface area (Å²) in [7, 11) is 0. The standard InChI is InChI=1S/C18H27N3O2S/c1-4-5-10-19-18(23)15-7-6-13(2)21(11-15)17(22)9-8-16-12-24-14(3)20-16/h8-9,12-13,15H,4-7,10-11H2,1-3H3,(H,19,23)/b9-8-/t13-,15+/m0/s1. The van der Waals surface area contributed by atoms with Crippen molar-refractivity contribution in [2.24, 2.45) is 5.92 Å². The lowest BCUT2D eigenvalue weighted by Gasteiger charge is -2.36. The monoisotopic (exact) mass is 349 g/mol. The number of hydrogen-bond donors (Lipinski definition) is 1. The topological polar surface area (TPSA) is 62.3 Å². The molecular formula is C18H27N3O2S. The van der Waals surface area contributed by atoms with Crippen LogP contribution in [-0.4, -0.2) is 40.8 Å². The van der Waals surface area contributed by atoms with E-state index in [-0.39, 0.29) is 23.8 Å². The first-order valence-corrected chi connectivity index (χ1v) is 9.57. The molecule has 0 radical (unpaired) electrons. The van der Waals surface area contributed by atoms with Crippen LogP contribution >= 0.6 is 11.3 Å². The van der Waals surface area contributed by atoms with Crippen molar-refractivity contribution in [3.63, 3.8) is 0 Å². The number of piperidine rings is 1. The van der Waals surface area contributed by atoms with Crippen LogP contribution in [0.25, 0.3) is 6.08 Å². The first-order valence-electron chi connectivity index (χ1n) is 8.69. The zero-order chi connectivity index (χ0) is 17.5. The number of amides is 2. The average molecular weight is 350 g/mol. The van der Waals surface area contributed by atoms with Gasteiger partial charge in [-0.1, -0.05) is 13.3 Å². The normalized spacial score (nSPS) is 21.2. The largest absolute Gasteiger partial charge is 0.356 e. The SMILES string of the molecule is CCCCNC(=O)[C@@H]1CC[C@H](C)N(C(=O)/C=C\c2csc(C)n2)C1. The predicted octanol–water partition coefficient (Wildman–Crippen LogP) is 3.01. The highest BCUT2D eigenvalue weighted by molar-refractivity contribution is 7.09. The lowest BCUT2D eigenvalue weighted by atomic mass is 9.92. The Morgan fingerprint density at radius 1 is 1.46 bits per heavy atom. The van der Waals surface area contributed by atoms with E-state index in [0.29, 0.717) is 6.54 Å². The quantitative estimate of drug-likeness (QED) is 0.634. The number of nitrogens with zero attached hydrogens (tertiary/aromatic N) is 2. The highest BCUT2D eigenvalue weighted by Gasteiger charge is 2.31. The number of hydrogen-bond acceptors (Lipinski definition) is 4. The summed E-state index contributed by atoms with van der Waals surface area (Å²) in [6.07, 6.45) is 7.09. The molecule has 0 saturated carbocycles. The minimum Gasteiger partial charge on any atom is -0.356 e. The van der Waals surface area contributed by atoms with E-state index < -0.39 is 0 Å². The summed E-state index contributed by atoms with van der Waals surface area (Å²) in [4.78, 5) is 30.9. The molecule has 1 aromatic rings. The lowest BCUT2D eigenvalue weighted by Crippen LogP contribution is -2.49. The van der Waals surface area contributed by atoms with E-state index in [1.807, 2.05) is 24.1 Å². The molecule has 1 aliphatic rings. The Hall–Kier alpha value is -1.69. The molecule has 132 valence electrons. The second-order valence-corrected chi connectivity index (χ2v) is 7.45. The molecule has 2 atom stereocenters. The number of thiazole rings is 1. The van der Waals surface area contributed by atoms with Crippen LogP contribution < -0.4 is 5.32 Å². The van der Waals surface area contributed by atoms with E-state index in [4.69, 9.17) is 0 Å². The van der Waals surface area contributed by atoms with Crippen LogP contribution in [0, 0.1) is 12.8 Å². The fourth-order valence-corrected chi connectivity index (χ4v) is 3.45. The minimum absolute atomic E-state index is 0.0424. The Morgan fingerprint density at radius 2 is 2.25 bits per heavy atom. The van der Waals surface area contributed by atoms with Crippen molar-refractivity contribution in [2.45, 2.75) is 52.5 Å². The summed E-state index contributed by atoms with van der Waals surface area (Å²) in [5.41, 5.74) is 0.810. The van der Waals surface area contributed by atoms with Crippen LogP contribution in [0.15, 0.2) is 11.5 Å². The first-order chi connectivity index (χ1) is 11.5. The second kappa shape index (κ2) is 8.97. The molecule has 24 heavy (non-hydrogen) atoms. The van der Waals surface area contributed by atoms with Crippen LogP contribution in [-0.2, 0) is 9.59 Å². The smallest absolute Gasteiger partial charge is 0.246 e. The molecule has 6 heteroatoms. The zero-order valence-electron chi connectivity index (χ0n) is 14.7. The summed E-state index contributed by atoms with van der Waals surface area (Å²) in [5.74, 6) is -0.0663. The Balaban J connectivity index is 1.93. The van der Waals surface area contributed by atoms with Crippen LogP contribution in [0.5, 0.6) is 0 Å². The molecule has 2 rings (SSSR count). The van der Waals surface area contributed by atoms with Gasteiger partial charge in [0.15, 0.2) is 0 Å². The van der Waals surface area contributed by atoms with E-state index in [9.17, 15) is 9.59 Å². The Labute approximate surface area is 148 Å². The maximum Gasteiger partial charge on any atom is 0.246 e. The summed E-state index contributed by atoms with van der Waals surface area (Å²) >= 11 is 1.57. The molecule has 2 amide bonds. The number of nitrogens with one attached hydrogen (secondary N) is 1. The van der Waals surface area contributed by atoms with Gasteiger partial charge in [-0.3, -0.25) is 9.59 Å². The van der Waals surface area contributed by atoms with Crippen molar-refractivity contribution in [3.05, 3.63) is 22.2 Å². The first kappa shape index (κ1) is 18.6. The maximum atomic E-state index is 12.5. The highest BCUT2D eigenvalue weighted by Crippen LogP contribution is 2.22. The highest BCUT2D eigenvalue weighted by atomic mass is 32.1. The van der Waals surface area contributed by atoms with Gasteiger partial charge in [-0.05, 0) is 39.2 Å². The maximum absolute atomic E-state index is 12.5. The van der Waals surface area contributed by atoms with Gasteiger partial charge in [-0.15, -0.1) is 11.3 Å². The Bertz CT molecular complexity index is 597. The van der Waals surface area contributed by atoms with Crippen molar-refractivity contribution in [1.82, 2.24) is 15.2 Å². The fraction of sp³-hybridized carbons (Fsp3) is 0.611. The van der Waals surface area contributed by atoms with E-state index in [1.54, 1.807) is 23.5 Å². The van der Waals surface area contributed by atoms with Crippen molar-refractivity contribution < 1.29 is 9.59 Å². The number of unbranched alkanes of at least 4 members (excludes halogenated alkanes) is 1. The summed E-state index contributed by atoms with van der Waals surface area (Å²) in [5, 5.41) is 5.90. The van der Waals surface area contributed by atoms with E-state index in [1.165, 1.54) is 0 Å². The number of aromatic nitrogens is 1. The third-order valence-electron chi connectivity index (χ3n) is 4.40. The van der Waals surface area contributed by atoms with Gasteiger partial charge in [0.2, 0.25) is 11.8 Å². The van der Waals surface area contributed by atoms with Crippen LogP contribution in [0.3, 0.4) is 0 Å². The van der Waals surface area contributed by atoms with Crippen molar-refractivity contribution in [2.75, 3.05) is 13.1 Å². The molecule has 5 nitrogen and oxygen atoms in total. The van der Waals surface area contributed by atoms with Crippen molar-refractivity contribution >= 4 is 29.2 Å². The van der Waals surface area contributed by atoms with Gasteiger partial charge in [0.25, 0.3) is 0 Å². The Morgan fingerprint density at radius 3 is 2.92 bits per heavy atom. The van der Waals surface area contributed by atoms with Crippen LogP contribution in [0.2, 0.25) is 0 Å². The molecule has 0 aliphatic carbocycles. The molecule has 1 fully saturated rings. The molecule has 0 aromatic carbocycles. The molecule has 1 aliphatic heterocycles. The van der Waals surface area contributed by atoms with Gasteiger partial charge in [0, 0.05) is 30.6 Å². The van der Waals surface area contributed by atoms with E-state index in [0.717, 1.165) is 42.9 Å². The number of carbonyl (C=O) groups is 2. The van der Waals surface area contributed by atoms with Gasteiger partial charge >= 0.3 is 0 Å². The van der Waals surface area contributed by atoms with Crippen LogP contribution in [0.1, 0.15) is 50.2 Å². The van der Waals surface area contributed by atoms with Gasteiger partial charge < -0.3 is 10.2 Å². The summed E-state index contributed by atoms with van der Waals surface area (Å²) < 4.78 is 0. The second-order valence-electron chi connectivity index (χ2n) is 6.38. The summed E-state index contributed by atoms with van der Waals surface area (Å²) in [6.45, 7) is 7.31. The number of rotatable bonds is 6. The molecule has 2 heterocycles. The van der Waals surface area contributed by atoms with Crippen molar-refractivity contribution in [3.8, 4) is 0 Å². The molecule has 0 bridgehead atoms. The van der Waals surface area contributed by atoms with E-state index >= 15 is 0 Å². The molecule has 0 spiro atoms. The molecular weight excluding hydrogens is 322 g/mol. The number of aryl methyl sites for hydroxylation is 1. The van der Waals surface area contributed by atoms with Crippen molar-refractivity contribution in [1.29, 1.82) is 0 Å². The van der Waals surface area contributed by atoms with E-state index in [2.05, 4.69) is 17.2 Å². The predicted molar refractivity (Wildman–Crippen MR) is 97.7 cm³/mol. The van der Waals surface area contributed by atoms with Crippen LogP contribution in [0.4, 0.5) is 0 Å². The van der Waals surface area contributed by atoms with Gasteiger partial charge in [-0.2, -0.15) is 0 Å². The minimum atomic E-state index is -0.100. The third kappa shape index (κ3) is 5.16. The van der Waals surface area contributed by atoms with Gasteiger partial charge in [0.1, 0.15) is 0 Å². The average Bonchev–Trinajstić information content (AvgIpc) is 2.98. The van der Waals surface area contributed by atoms with Gasteiger partial charge in [0.05, 0.1) is 16.6 Å². The number of carbonyl (C=O) groups excluding carboxylic acids is 2. The molecule has 1 saturated heterocycles. The molecule has 1 aromatic heterocycles. The fourth-order valence-electron chi connectivity index (χ4n) is 2.87. The third-order valence-corrected chi connectivity index (χ3v) is 5.19. The molecule has 1 N–H and O–H groups in total. The lowest BCUT2D eigenvalue weighted by molar-refractivity contribution is -0.134. The molecule has 0 unspecified atom stereocenters. The number of likely N-dealkylation sites (tertiary alicyclic amines) is 1.